The molecule has 1 aliphatic rings. The highest BCUT2D eigenvalue weighted by molar-refractivity contribution is 6.30. The van der Waals surface area contributed by atoms with Crippen LogP contribution in [0.25, 0.3) is 0 Å². The second kappa shape index (κ2) is 9.76. The van der Waals surface area contributed by atoms with E-state index in [1.807, 2.05) is 6.92 Å². The van der Waals surface area contributed by atoms with Gasteiger partial charge in [-0.25, -0.2) is 4.79 Å². The van der Waals surface area contributed by atoms with Gasteiger partial charge in [-0.15, -0.1) is 0 Å². The summed E-state index contributed by atoms with van der Waals surface area (Å²) in [7, 11) is 0. The molecule has 2 N–H and O–H groups in total. The van der Waals surface area contributed by atoms with Gasteiger partial charge in [0.05, 0.1) is 0 Å². The third-order valence-corrected chi connectivity index (χ3v) is 5.83. The molecule has 3 rings (SSSR count). The van der Waals surface area contributed by atoms with Crippen LogP contribution in [0.1, 0.15) is 37.0 Å². The molecule has 3 amide bonds. The van der Waals surface area contributed by atoms with Crippen LogP contribution in [-0.4, -0.2) is 35.7 Å². The number of nitrogens with one attached hydrogen (secondary N) is 2. The monoisotopic (exact) mass is 427 g/mol. The van der Waals surface area contributed by atoms with Crippen molar-refractivity contribution in [2.24, 2.45) is 11.8 Å². The number of likely N-dealkylation sites (tertiary alicyclic amines) is 1. The van der Waals surface area contributed by atoms with Gasteiger partial charge in [0.15, 0.2) is 5.78 Å². The topological polar surface area (TPSA) is 78.5 Å². The molecule has 2 aromatic carbocycles. The Bertz CT molecular complexity index is 922. The van der Waals surface area contributed by atoms with Crippen LogP contribution < -0.4 is 10.6 Å². The number of ketones is 1. The Morgan fingerprint density at radius 2 is 1.67 bits per heavy atom. The number of anilines is 2. The quantitative estimate of drug-likeness (QED) is 0.654. The molecule has 1 fully saturated rings. The fraction of sp³-hybridized carbons (Fsp3) is 0.348. The van der Waals surface area contributed by atoms with Crippen LogP contribution in [0.5, 0.6) is 0 Å². The maximum absolute atomic E-state index is 12.7. The number of carbonyl (C=O) groups excluding carboxylic acids is 3. The lowest BCUT2D eigenvalue weighted by Gasteiger charge is -2.34. The number of nitrogens with zero attached hydrogens (tertiary/aromatic N) is 1. The number of piperidine rings is 1. The van der Waals surface area contributed by atoms with E-state index in [-0.39, 0.29) is 29.6 Å². The SMILES string of the molecule is CC(=O)c1cccc(NC(=O)[C@@H](C)C2CCN(C(=O)Nc3ccc(Cl)cc3)CC2)c1. The molecule has 0 unspecified atom stereocenters. The number of carbonyl (C=O) groups is 3. The Morgan fingerprint density at radius 3 is 2.30 bits per heavy atom. The average molecular weight is 428 g/mol. The fourth-order valence-corrected chi connectivity index (χ4v) is 3.75. The van der Waals surface area contributed by atoms with Gasteiger partial charge in [0, 0.05) is 41.0 Å². The van der Waals surface area contributed by atoms with E-state index in [4.69, 9.17) is 11.6 Å². The zero-order chi connectivity index (χ0) is 21.7. The highest BCUT2D eigenvalue weighted by atomic mass is 35.5. The molecule has 30 heavy (non-hydrogen) atoms. The summed E-state index contributed by atoms with van der Waals surface area (Å²) in [5.74, 6) is -0.101. The summed E-state index contributed by atoms with van der Waals surface area (Å²) in [5.41, 5.74) is 1.90. The molecule has 0 spiro atoms. The van der Waals surface area contributed by atoms with Gasteiger partial charge < -0.3 is 15.5 Å². The van der Waals surface area contributed by atoms with Crippen molar-refractivity contribution in [3.8, 4) is 0 Å². The number of amides is 3. The molecule has 7 heteroatoms. The molecule has 0 aromatic heterocycles. The van der Waals surface area contributed by atoms with Crippen molar-refractivity contribution in [2.75, 3.05) is 23.7 Å². The van der Waals surface area contributed by atoms with Gasteiger partial charge in [-0.3, -0.25) is 9.59 Å². The van der Waals surface area contributed by atoms with Crippen molar-refractivity contribution >= 4 is 40.7 Å². The summed E-state index contributed by atoms with van der Waals surface area (Å²) >= 11 is 5.87. The van der Waals surface area contributed by atoms with Crippen LogP contribution in [0, 0.1) is 11.8 Å². The lowest BCUT2D eigenvalue weighted by molar-refractivity contribution is -0.121. The summed E-state index contributed by atoms with van der Waals surface area (Å²) in [6.07, 6.45) is 1.52. The molecule has 1 atom stereocenters. The first kappa shape index (κ1) is 21.8. The minimum absolute atomic E-state index is 0.0385. The van der Waals surface area contributed by atoms with Crippen molar-refractivity contribution in [1.82, 2.24) is 4.90 Å². The molecule has 1 heterocycles. The molecule has 0 bridgehead atoms. The van der Waals surface area contributed by atoms with E-state index in [0.29, 0.717) is 35.1 Å². The van der Waals surface area contributed by atoms with Gasteiger partial charge >= 0.3 is 6.03 Å². The number of hydrogen-bond acceptors (Lipinski definition) is 3. The highest BCUT2D eigenvalue weighted by Gasteiger charge is 2.30. The molecule has 2 aromatic rings. The van der Waals surface area contributed by atoms with Gasteiger partial charge in [-0.05, 0) is 62.1 Å². The first-order valence-electron chi connectivity index (χ1n) is 10.1. The zero-order valence-electron chi connectivity index (χ0n) is 17.2. The summed E-state index contributed by atoms with van der Waals surface area (Å²) in [6, 6.07) is 13.8. The van der Waals surface area contributed by atoms with Gasteiger partial charge in [-0.1, -0.05) is 30.7 Å². The summed E-state index contributed by atoms with van der Waals surface area (Å²) in [4.78, 5) is 38.4. The van der Waals surface area contributed by atoms with Gasteiger partial charge in [-0.2, -0.15) is 0 Å². The van der Waals surface area contributed by atoms with E-state index in [0.717, 1.165) is 12.8 Å². The molecule has 0 aliphatic carbocycles. The van der Waals surface area contributed by atoms with Crippen LogP contribution in [0.15, 0.2) is 48.5 Å². The van der Waals surface area contributed by atoms with E-state index in [1.165, 1.54) is 6.92 Å². The smallest absolute Gasteiger partial charge is 0.321 e. The van der Waals surface area contributed by atoms with Gasteiger partial charge in [0.2, 0.25) is 5.91 Å². The molecule has 1 aliphatic heterocycles. The van der Waals surface area contributed by atoms with Crippen molar-refractivity contribution in [1.29, 1.82) is 0 Å². The Hall–Kier alpha value is -2.86. The van der Waals surface area contributed by atoms with Crippen molar-refractivity contribution < 1.29 is 14.4 Å². The van der Waals surface area contributed by atoms with Crippen molar-refractivity contribution in [3.05, 3.63) is 59.1 Å². The largest absolute Gasteiger partial charge is 0.326 e. The Balaban J connectivity index is 1.50. The lowest BCUT2D eigenvalue weighted by atomic mass is 9.85. The first-order valence-corrected chi connectivity index (χ1v) is 10.4. The second-order valence-electron chi connectivity index (χ2n) is 7.68. The number of urea groups is 1. The van der Waals surface area contributed by atoms with Crippen molar-refractivity contribution in [2.45, 2.75) is 26.7 Å². The summed E-state index contributed by atoms with van der Waals surface area (Å²) in [5, 5.41) is 6.40. The summed E-state index contributed by atoms with van der Waals surface area (Å²) in [6.45, 7) is 4.61. The van der Waals surface area contributed by atoms with Crippen LogP contribution in [0.3, 0.4) is 0 Å². The molecule has 0 radical (unpaired) electrons. The third kappa shape index (κ3) is 5.60. The van der Waals surface area contributed by atoms with Crippen LogP contribution in [0.4, 0.5) is 16.2 Å². The van der Waals surface area contributed by atoms with E-state index in [9.17, 15) is 14.4 Å². The number of rotatable bonds is 5. The van der Waals surface area contributed by atoms with Crippen molar-refractivity contribution in [3.63, 3.8) is 0 Å². The molecule has 1 saturated heterocycles. The highest BCUT2D eigenvalue weighted by Crippen LogP contribution is 2.27. The Morgan fingerprint density at radius 1 is 1.00 bits per heavy atom. The molecule has 6 nitrogen and oxygen atoms in total. The predicted molar refractivity (Wildman–Crippen MR) is 119 cm³/mol. The number of Topliss-reactive ketones (excluding diaryl/α,β-unsaturated/α-hetero) is 1. The number of benzene rings is 2. The Kier molecular flexibility index (Phi) is 7.11. The number of halogens is 1. The van der Waals surface area contributed by atoms with E-state index in [2.05, 4.69) is 10.6 Å². The molecular weight excluding hydrogens is 402 g/mol. The normalized spacial score (nSPS) is 15.4. The van der Waals surface area contributed by atoms with Crippen LogP contribution in [-0.2, 0) is 4.79 Å². The van der Waals surface area contributed by atoms with Crippen LogP contribution in [0.2, 0.25) is 5.02 Å². The number of hydrogen-bond donors (Lipinski definition) is 2. The maximum Gasteiger partial charge on any atom is 0.321 e. The molecular formula is C23H26ClN3O3. The van der Waals surface area contributed by atoms with Gasteiger partial charge in [0.1, 0.15) is 0 Å². The maximum atomic E-state index is 12.7. The fourth-order valence-electron chi connectivity index (χ4n) is 3.62. The molecule has 0 saturated carbocycles. The minimum Gasteiger partial charge on any atom is -0.326 e. The standard InChI is InChI=1S/C23H26ClN3O3/c1-15(22(29)25-21-5-3-4-18(14-21)16(2)28)17-10-12-27(13-11-17)23(30)26-20-8-6-19(24)7-9-20/h3-9,14-15,17H,10-13H2,1-2H3,(H,25,29)(H,26,30)/t15-/m0/s1. The van der Waals surface area contributed by atoms with E-state index < -0.39 is 0 Å². The zero-order valence-corrected chi connectivity index (χ0v) is 17.9. The van der Waals surface area contributed by atoms with Gasteiger partial charge in [0.25, 0.3) is 0 Å². The summed E-state index contributed by atoms with van der Waals surface area (Å²) < 4.78 is 0. The molecule has 158 valence electrons. The third-order valence-electron chi connectivity index (χ3n) is 5.58. The second-order valence-corrected chi connectivity index (χ2v) is 8.11. The predicted octanol–water partition coefficient (Wildman–Crippen LogP) is 5.06. The van der Waals surface area contributed by atoms with E-state index in [1.54, 1.807) is 53.4 Å². The lowest BCUT2D eigenvalue weighted by Crippen LogP contribution is -2.43. The van der Waals surface area contributed by atoms with E-state index >= 15 is 0 Å². The minimum atomic E-state index is -0.188. The Labute approximate surface area is 181 Å². The first-order chi connectivity index (χ1) is 14.3. The van der Waals surface area contributed by atoms with Crippen LogP contribution >= 0.6 is 11.6 Å². The average Bonchev–Trinajstić information content (AvgIpc) is 2.75.